The Morgan fingerprint density at radius 3 is 2.58 bits per heavy atom. The van der Waals surface area contributed by atoms with Crippen molar-refractivity contribution in [2.24, 2.45) is 0 Å². The minimum absolute atomic E-state index is 0.0244. The Labute approximate surface area is 123 Å². The van der Waals surface area contributed by atoms with Crippen LogP contribution in [0.1, 0.15) is 18.5 Å². The maximum Gasteiger partial charge on any atom is 0.146 e. The number of methoxy groups -OCH3 is 2. The van der Waals surface area contributed by atoms with Crippen LogP contribution in [0.5, 0.6) is 0 Å². The van der Waals surface area contributed by atoms with Gasteiger partial charge in [0.05, 0.1) is 17.7 Å². The Kier molecular flexibility index (Phi) is 7.04. The summed E-state index contributed by atoms with van der Waals surface area (Å²) in [5.74, 6) is -0.452. The molecule has 1 aromatic rings. The van der Waals surface area contributed by atoms with Gasteiger partial charge < -0.3 is 14.8 Å². The van der Waals surface area contributed by atoms with Gasteiger partial charge in [-0.25, -0.2) is 4.39 Å². The first kappa shape index (κ1) is 16.7. The van der Waals surface area contributed by atoms with E-state index in [1.54, 1.807) is 20.3 Å². The summed E-state index contributed by atoms with van der Waals surface area (Å²) in [6.45, 7) is 2.84. The van der Waals surface area contributed by atoms with Gasteiger partial charge >= 0.3 is 0 Å². The summed E-state index contributed by atoms with van der Waals surface area (Å²) in [5.41, 5.74) is 0.435. The van der Waals surface area contributed by atoms with Gasteiger partial charge in [0.2, 0.25) is 0 Å². The highest BCUT2D eigenvalue weighted by Crippen LogP contribution is 2.27. The first-order chi connectivity index (χ1) is 8.99. The van der Waals surface area contributed by atoms with Gasteiger partial charge in [-0.1, -0.05) is 23.2 Å². The normalized spacial score (nSPS) is 14.4. The summed E-state index contributed by atoms with van der Waals surface area (Å²) < 4.78 is 24.1. The van der Waals surface area contributed by atoms with Crippen LogP contribution in [0, 0.1) is 5.82 Å². The average molecular weight is 310 g/mol. The van der Waals surface area contributed by atoms with E-state index >= 15 is 0 Å². The Bertz CT molecular complexity index is 418. The zero-order valence-electron chi connectivity index (χ0n) is 11.2. The number of benzene rings is 1. The monoisotopic (exact) mass is 309 g/mol. The molecule has 2 unspecified atom stereocenters. The van der Waals surface area contributed by atoms with Crippen LogP contribution in [-0.4, -0.2) is 33.5 Å². The fourth-order valence-electron chi connectivity index (χ4n) is 1.71. The van der Waals surface area contributed by atoms with E-state index < -0.39 is 5.82 Å². The molecular formula is C13H18Cl2FNO2. The van der Waals surface area contributed by atoms with Crippen LogP contribution in [0.4, 0.5) is 4.39 Å². The summed E-state index contributed by atoms with van der Waals surface area (Å²) in [5, 5.41) is 3.60. The predicted octanol–water partition coefficient (Wildman–Crippen LogP) is 3.44. The molecule has 0 aliphatic heterocycles. The van der Waals surface area contributed by atoms with Crippen molar-refractivity contribution >= 4 is 23.2 Å². The van der Waals surface area contributed by atoms with Crippen LogP contribution in [0.2, 0.25) is 10.0 Å². The largest absolute Gasteiger partial charge is 0.382 e. The lowest BCUT2D eigenvalue weighted by atomic mass is 10.1. The van der Waals surface area contributed by atoms with E-state index in [-0.39, 0.29) is 17.2 Å². The van der Waals surface area contributed by atoms with E-state index in [1.165, 1.54) is 6.07 Å². The molecule has 1 aromatic carbocycles. The molecule has 2 atom stereocenters. The fraction of sp³-hybridized carbons (Fsp3) is 0.538. The van der Waals surface area contributed by atoms with Gasteiger partial charge in [-0.3, -0.25) is 0 Å². The van der Waals surface area contributed by atoms with E-state index in [0.717, 1.165) is 0 Å². The molecule has 0 bridgehead atoms. The van der Waals surface area contributed by atoms with Crippen molar-refractivity contribution in [1.82, 2.24) is 5.32 Å². The molecule has 1 N–H and O–H groups in total. The lowest BCUT2D eigenvalue weighted by Crippen LogP contribution is -2.33. The third kappa shape index (κ3) is 4.89. The molecule has 0 fully saturated rings. The Morgan fingerprint density at radius 2 is 2.00 bits per heavy atom. The van der Waals surface area contributed by atoms with Gasteiger partial charge in [0, 0.05) is 37.4 Å². The van der Waals surface area contributed by atoms with E-state index in [4.69, 9.17) is 32.7 Å². The van der Waals surface area contributed by atoms with Gasteiger partial charge in [0.25, 0.3) is 0 Å². The highest BCUT2D eigenvalue weighted by molar-refractivity contribution is 6.34. The van der Waals surface area contributed by atoms with Crippen LogP contribution in [-0.2, 0) is 9.47 Å². The summed E-state index contributed by atoms with van der Waals surface area (Å²) in [6, 6.07) is 2.72. The lowest BCUT2D eigenvalue weighted by Gasteiger charge is -2.20. The minimum atomic E-state index is -0.452. The summed E-state index contributed by atoms with van der Waals surface area (Å²) in [6.07, 6.45) is -0.0924. The van der Waals surface area contributed by atoms with E-state index in [1.807, 2.05) is 6.92 Å². The smallest absolute Gasteiger partial charge is 0.146 e. The van der Waals surface area contributed by atoms with Gasteiger partial charge in [-0.05, 0) is 19.1 Å². The zero-order valence-corrected chi connectivity index (χ0v) is 12.7. The van der Waals surface area contributed by atoms with Crippen LogP contribution in [0.3, 0.4) is 0 Å². The molecule has 3 nitrogen and oxygen atoms in total. The van der Waals surface area contributed by atoms with Crippen LogP contribution in [0.15, 0.2) is 12.1 Å². The molecule has 0 spiro atoms. The Morgan fingerprint density at radius 1 is 1.32 bits per heavy atom. The van der Waals surface area contributed by atoms with E-state index in [0.29, 0.717) is 23.7 Å². The summed E-state index contributed by atoms with van der Waals surface area (Å²) in [7, 11) is 3.21. The third-order valence-electron chi connectivity index (χ3n) is 2.83. The van der Waals surface area contributed by atoms with Crippen molar-refractivity contribution in [2.45, 2.75) is 19.1 Å². The van der Waals surface area contributed by atoms with Crippen molar-refractivity contribution in [3.05, 3.63) is 33.6 Å². The van der Waals surface area contributed by atoms with Crippen molar-refractivity contribution in [1.29, 1.82) is 0 Å². The van der Waals surface area contributed by atoms with Gasteiger partial charge in [-0.15, -0.1) is 0 Å². The number of halogens is 3. The molecule has 0 aromatic heterocycles. The molecular weight excluding hydrogens is 292 g/mol. The summed E-state index contributed by atoms with van der Waals surface area (Å²) >= 11 is 11.7. The van der Waals surface area contributed by atoms with Crippen molar-refractivity contribution in [2.75, 3.05) is 27.4 Å². The third-order valence-corrected chi connectivity index (χ3v) is 3.32. The second kappa shape index (κ2) is 8.02. The van der Waals surface area contributed by atoms with E-state index in [2.05, 4.69) is 5.32 Å². The second-order valence-corrected chi connectivity index (χ2v) is 5.08. The molecule has 0 radical (unpaired) electrons. The fourth-order valence-corrected chi connectivity index (χ4v) is 2.21. The first-order valence-electron chi connectivity index (χ1n) is 5.89. The molecule has 19 heavy (non-hydrogen) atoms. The van der Waals surface area contributed by atoms with E-state index in [9.17, 15) is 4.39 Å². The summed E-state index contributed by atoms with van der Waals surface area (Å²) in [4.78, 5) is 0. The molecule has 1 rings (SSSR count). The Balaban J connectivity index is 2.70. The average Bonchev–Trinajstić information content (AvgIpc) is 2.38. The second-order valence-electron chi connectivity index (χ2n) is 4.23. The predicted molar refractivity (Wildman–Crippen MR) is 75.5 cm³/mol. The minimum Gasteiger partial charge on any atom is -0.382 e. The number of ether oxygens (including phenoxy) is 2. The van der Waals surface area contributed by atoms with Crippen LogP contribution < -0.4 is 5.32 Å². The topological polar surface area (TPSA) is 30.5 Å². The number of hydrogen-bond acceptors (Lipinski definition) is 3. The van der Waals surface area contributed by atoms with Crippen LogP contribution >= 0.6 is 23.2 Å². The number of nitrogens with one attached hydrogen (secondary N) is 1. The highest BCUT2D eigenvalue weighted by Gasteiger charge is 2.16. The van der Waals surface area contributed by atoms with Crippen molar-refractivity contribution < 1.29 is 13.9 Å². The zero-order chi connectivity index (χ0) is 14.4. The molecule has 0 amide bonds. The highest BCUT2D eigenvalue weighted by atomic mass is 35.5. The first-order valence-corrected chi connectivity index (χ1v) is 6.64. The number of hydrogen-bond donors (Lipinski definition) is 1. The van der Waals surface area contributed by atoms with Crippen LogP contribution in [0.25, 0.3) is 0 Å². The molecule has 0 heterocycles. The molecule has 0 saturated heterocycles. The standard InChI is InChI=1S/C13H18Cl2FNO2/c1-8(17-6-10(19-3)7-18-2)11-4-9(14)5-12(15)13(11)16/h4-5,8,10,17H,6-7H2,1-3H3. The van der Waals surface area contributed by atoms with Gasteiger partial charge in [-0.2, -0.15) is 0 Å². The van der Waals surface area contributed by atoms with Gasteiger partial charge in [0.1, 0.15) is 5.82 Å². The Hall–Kier alpha value is -0.390. The maximum atomic E-state index is 13.9. The van der Waals surface area contributed by atoms with Crippen molar-refractivity contribution in [3.63, 3.8) is 0 Å². The molecule has 0 aliphatic carbocycles. The number of rotatable bonds is 7. The van der Waals surface area contributed by atoms with Gasteiger partial charge in [0.15, 0.2) is 0 Å². The SMILES string of the molecule is COCC(CNC(C)c1cc(Cl)cc(Cl)c1F)OC. The van der Waals surface area contributed by atoms with Crippen molar-refractivity contribution in [3.8, 4) is 0 Å². The molecule has 6 heteroatoms. The lowest BCUT2D eigenvalue weighted by molar-refractivity contribution is 0.0276. The quantitative estimate of drug-likeness (QED) is 0.783. The maximum absolute atomic E-state index is 13.9. The molecule has 0 saturated carbocycles. The molecule has 108 valence electrons. The molecule has 0 aliphatic rings.